The molecular weight excluding hydrogens is 437 g/mol. The molecule has 0 aromatic heterocycles. The average molecular weight is 459 g/mol. The minimum atomic E-state index is -4.44. The number of phosphoric ester groups is 1. The minimum absolute atomic E-state index is 0.191. The summed E-state index contributed by atoms with van der Waals surface area (Å²) in [4.78, 5) is 25.6. The average Bonchev–Trinajstić information content (AvgIpc) is 2.97. The molecule has 32 heavy (non-hydrogen) atoms. The van der Waals surface area contributed by atoms with Crippen molar-refractivity contribution in [2.45, 2.75) is 26.0 Å². The van der Waals surface area contributed by atoms with Crippen LogP contribution in [0, 0.1) is 11.8 Å². The summed E-state index contributed by atoms with van der Waals surface area (Å²) in [5.74, 6) is -3.22. The number of rotatable bonds is 8. The largest absolute Gasteiger partial charge is 0.646 e. The predicted octanol–water partition coefficient (Wildman–Crippen LogP) is 3.42. The highest BCUT2D eigenvalue weighted by Gasteiger charge is 2.62. The number of hydrogen-bond donors (Lipinski definition) is 2. The highest BCUT2D eigenvalue weighted by molar-refractivity contribution is 7.49. The number of aliphatic hydroxyl groups is 1. The Morgan fingerprint density at radius 2 is 1.50 bits per heavy atom. The number of hydrogen-bond acceptors (Lipinski definition) is 7. The number of carbonyl (C=O) groups is 2. The topological polar surface area (TPSA) is 123 Å². The molecule has 2 aliphatic rings. The van der Waals surface area contributed by atoms with Gasteiger partial charge < -0.3 is 23.8 Å². The Balaban J connectivity index is 1.71. The smallest absolute Gasteiger partial charge is 0.476 e. The van der Waals surface area contributed by atoms with Gasteiger partial charge in [0.1, 0.15) is 17.3 Å². The van der Waals surface area contributed by atoms with Crippen LogP contribution < -0.4 is 9.05 Å². The fourth-order valence-corrected chi connectivity index (χ4v) is 5.40. The molecule has 0 bridgehead atoms. The van der Waals surface area contributed by atoms with Gasteiger partial charge in [0.25, 0.3) is 0 Å². The summed E-state index contributed by atoms with van der Waals surface area (Å²) < 4.78 is 30.5. The van der Waals surface area contributed by atoms with Crippen molar-refractivity contribution in [2.75, 3.05) is 0 Å². The molecule has 2 heterocycles. The van der Waals surface area contributed by atoms with Crippen LogP contribution in [0.1, 0.15) is 13.8 Å². The number of aliphatic carboxylic acids is 1. The summed E-state index contributed by atoms with van der Waals surface area (Å²) in [6.07, 6.45) is -0.978. The zero-order chi connectivity index (χ0) is 23.0. The number of para-hydroxylation sites is 2. The van der Waals surface area contributed by atoms with Crippen LogP contribution >= 0.6 is 7.82 Å². The number of carboxylic acids is 1. The van der Waals surface area contributed by atoms with Gasteiger partial charge in [0.05, 0.1) is 18.1 Å². The summed E-state index contributed by atoms with van der Waals surface area (Å²) in [5.41, 5.74) is -0.432. The summed E-state index contributed by atoms with van der Waals surface area (Å²) >= 11 is 0. The van der Waals surface area contributed by atoms with Crippen LogP contribution in [0.25, 0.3) is 0 Å². The Morgan fingerprint density at radius 1 is 1.00 bits per heavy atom. The van der Waals surface area contributed by atoms with Crippen molar-refractivity contribution in [3.05, 3.63) is 72.1 Å². The van der Waals surface area contributed by atoms with E-state index in [9.17, 15) is 24.4 Å². The van der Waals surface area contributed by atoms with Crippen molar-refractivity contribution in [2.24, 2.45) is 11.8 Å². The lowest BCUT2D eigenvalue weighted by molar-refractivity contribution is -0.163. The maximum Gasteiger partial charge on any atom is 0.646 e. The monoisotopic (exact) mass is 459 g/mol. The van der Waals surface area contributed by atoms with Crippen LogP contribution in [-0.4, -0.2) is 39.1 Å². The molecule has 2 aromatic rings. The maximum atomic E-state index is 13.7. The number of β-lactam (4-membered cyclic amide) rings is 1. The Hall–Kier alpha value is -3.29. The van der Waals surface area contributed by atoms with E-state index in [4.69, 9.17) is 13.6 Å². The first-order valence-electron chi connectivity index (χ1n) is 9.99. The quantitative estimate of drug-likeness (QED) is 0.455. The molecule has 0 spiro atoms. The molecule has 9 nitrogen and oxygen atoms in total. The van der Waals surface area contributed by atoms with Crippen molar-refractivity contribution in [1.29, 1.82) is 0 Å². The van der Waals surface area contributed by atoms with E-state index in [2.05, 4.69) is 0 Å². The molecule has 1 saturated heterocycles. The number of aliphatic hydroxyl groups excluding tert-OH is 1. The lowest BCUT2D eigenvalue weighted by Crippen LogP contribution is -2.63. The molecule has 4 unspecified atom stereocenters. The second-order valence-electron chi connectivity index (χ2n) is 7.62. The lowest BCUT2D eigenvalue weighted by Gasteiger charge is -2.45. The second-order valence-corrected chi connectivity index (χ2v) is 9.06. The molecule has 2 aliphatic heterocycles. The Kier molecular flexibility index (Phi) is 5.71. The van der Waals surface area contributed by atoms with Crippen LogP contribution in [-0.2, 0) is 18.7 Å². The Morgan fingerprint density at radius 3 is 1.94 bits per heavy atom. The molecule has 4 atom stereocenters. The third-order valence-electron chi connectivity index (χ3n) is 5.44. The molecule has 0 aliphatic carbocycles. The van der Waals surface area contributed by atoms with Crippen LogP contribution in [0.2, 0.25) is 0 Å². The standard InChI is InChI=1S/C22H22NO8P/c1-13-18-17(14(2)24)21(25)23(18)19(22(26)27)20(13)31-32(28,29-15-9-5-3-6-10-15)30-16-11-7-4-8-12-16/h3-14,17-18,24H,1-2H3,(H,26,27). The lowest BCUT2D eigenvalue weighted by atomic mass is 9.79. The molecule has 0 saturated carbocycles. The first-order chi connectivity index (χ1) is 15.2. The van der Waals surface area contributed by atoms with Crippen molar-refractivity contribution in [3.63, 3.8) is 0 Å². The highest BCUT2D eigenvalue weighted by atomic mass is 31.2. The number of amides is 1. The molecule has 2 aromatic carbocycles. The van der Waals surface area contributed by atoms with Gasteiger partial charge in [-0.15, -0.1) is 0 Å². The minimum Gasteiger partial charge on any atom is -0.476 e. The van der Waals surface area contributed by atoms with Crippen molar-refractivity contribution >= 4 is 19.7 Å². The van der Waals surface area contributed by atoms with E-state index in [1.54, 1.807) is 67.6 Å². The molecule has 1 fully saturated rings. The number of phosphoric acid groups is 1. The first kappa shape index (κ1) is 21.9. The highest BCUT2D eigenvalue weighted by Crippen LogP contribution is 2.56. The van der Waals surface area contributed by atoms with Gasteiger partial charge in [0.2, 0.25) is 5.91 Å². The van der Waals surface area contributed by atoms with E-state index in [0.717, 1.165) is 4.90 Å². The number of carboxylic acid groups (broad SMARTS) is 1. The zero-order valence-corrected chi connectivity index (χ0v) is 18.2. The van der Waals surface area contributed by atoms with Gasteiger partial charge in [0.15, 0.2) is 5.70 Å². The van der Waals surface area contributed by atoms with Crippen LogP contribution in [0.5, 0.6) is 11.5 Å². The molecule has 0 radical (unpaired) electrons. The summed E-state index contributed by atoms with van der Waals surface area (Å²) in [7, 11) is -4.44. The van der Waals surface area contributed by atoms with Gasteiger partial charge in [-0.3, -0.25) is 9.69 Å². The number of fused-ring (bicyclic) bond motifs is 1. The van der Waals surface area contributed by atoms with E-state index >= 15 is 0 Å². The number of benzene rings is 2. The molecule has 10 heteroatoms. The molecule has 4 rings (SSSR count). The van der Waals surface area contributed by atoms with E-state index in [1.807, 2.05) is 0 Å². The summed E-state index contributed by atoms with van der Waals surface area (Å²) in [5, 5.41) is 19.8. The van der Waals surface area contributed by atoms with Gasteiger partial charge in [-0.1, -0.05) is 43.3 Å². The van der Waals surface area contributed by atoms with E-state index in [1.165, 1.54) is 6.92 Å². The van der Waals surface area contributed by atoms with E-state index < -0.39 is 49.4 Å². The summed E-state index contributed by atoms with van der Waals surface area (Å²) in [6, 6.07) is 15.7. The van der Waals surface area contributed by atoms with E-state index in [0.29, 0.717) is 0 Å². The Bertz CT molecular complexity index is 1060. The second kappa shape index (κ2) is 8.33. The third kappa shape index (κ3) is 3.85. The van der Waals surface area contributed by atoms with Gasteiger partial charge in [-0.2, -0.15) is 4.57 Å². The van der Waals surface area contributed by atoms with Gasteiger partial charge in [-0.25, -0.2) is 4.79 Å². The first-order valence-corrected chi connectivity index (χ1v) is 11.5. The SMILES string of the molecule is CC(O)C1C(=O)N2C(C(=O)O)=C(OP(=O)(Oc3ccccc3)Oc3ccccc3)C(C)C12. The number of nitrogens with zero attached hydrogens (tertiary/aromatic N) is 1. The Labute approximate surface area is 184 Å². The zero-order valence-electron chi connectivity index (χ0n) is 17.3. The fraction of sp³-hybridized carbons (Fsp3) is 0.273. The third-order valence-corrected chi connectivity index (χ3v) is 6.73. The molecule has 168 valence electrons. The van der Waals surface area contributed by atoms with Gasteiger partial charge in [0, 0.05) is 5.92 Å². The van der Waals surface area contributed by atoms with Crippen LogP contribution in [0.3, 0.4) is 0 Å². The maximum absolute atomic E-state index is 13.7. The number of carbonyl (C=O) groups excluding carboxylic acids is 1. The normalized spacial score (nSPS) is 23.3. The molecular formula is C22H22NO8P. The van der Waals surface area contributed by atoms with Crippen molar-refractivity contribution < 1.29 is 37.9 Å². The van der Waals surface area contributed by atoms with Crippen molar-refractivity contribution in [3.8, 4) is 11.5 Å². The molecule has 2 N–H and O–H groups in total. The van der Waals surface area contributed by atoms with Gasteiger partial charge >= 0.3 is 13.8 Å². The van der Waals surface area contributed by atoms with Crippen LogP contribution in [0.15, 0.2) is 72.1 Å². The van der Waals surface area contributed by atoms with Gasteiger partial charge in [-0.05, 0) is 31.2 Å². The van der Waals surface area contributed by atoms with E-state index in [-0.39, 0.29) is 17.3 Å². The van der Waals surface area contributed by atoms with Crippen molar-refractivity contribution in [1.82, 2.24) is 4.90 Å². The fourth-order valence-electron chi connectivity index (χ4n) is 4.04. The van der Waals surface area contributed by atoms with Crippen LogP contribution in [0.4, 0.5) is 0 Å². The predicted molar refractivity (Wildman–Crippen MR) is 112 cm³/mol. The summed E-state index contributed by atoms with van der Waals surface area (Å²) in [6.45, 7) is 3.11. The molecule has 1 amide bonds.